The quantitative estimate of drug-likeness (QED) is 0.644. The monoisotopic (exact) mass is 285 g/mol. The number of methoxy groups -OCH3 is 1. The van der Waals surface area contributed by atoms with Crippen molar-refractivity contribution in [1.29, 1.82) is 0 Å². The summed E-state index contributed by atoms with van der Waals surface area (Å²) in [5.74, 6) is 0.0142. The molecule has 1 aliphatic heterocycles. The largest absolute Gasteiger partial charge is 0.467 e. The Labute approximate surface area is 121 Å². The molecule has 0 spiro atoms. The zero-order valence-electron chi connectivity index (χ0n) is 12.8. The third-order valence-corrected chi connectivity index (χ3v) is 3.80. The van der Waals surface area contributed by atoms with Crippen LogP contribution in [-0.4, -0.2) is 62.7 Å². The van der Waals surface area contributed by atoms with Crippen molar-refractivity contribution in [3.63, 3.8) is 0 Å². The molecule has 0 radical (unpaired) electrons. The summed E-state index contributed by atoms with van der Waals surface area (Å²) in [5.41, 5.74) is 0. The summed E-state index contributed by atoms with van der Waals surface area (Å²) in [6.45, 7) is 8.30. The number of nitrogens with one attached hydrogen (secondary N) is 2. The first-order valence-electron chi connectivity index (χ1n) is 7.34. The van der Waals surface area contributed by atoms with Gasteiger partial charge in [0.15, 0.2) is 0 Å². The van der Waals surface area contributed by atoms with Crippen molar-refractivity contribution in [2.75, 3.05) is 39.8 Å². The second-order valence-electron chi connectivity index (χ2n) is 5.31. The standard InChI is InChI=1S/C14H27N3O3/c1-4-17-7-5-12(6-8-17)9-15-10-13(14(19)20-3)16-11(2)18/h12-13,15H,4-10H2,1-3H3,(H,16,18). The minimum Gasteiger partial charge on any atom is -0.467 e. The topological polar surface area (TPSA) is 70.7 Å². The van der Waals surface area contributed by atoms with E-state index in [2.05, 4.69) is 27.2 Å². The van der Waals surface area contributed by atoms with Gasteiger partial charge in [-0.2, -0.15) is 0 Å². The molecular weight excluding hydrogens is 258 g/mol. The average Bonchev–Trinajstić information content (AvgIpc) is 2.45. The lowest BCUT2D eigenvalue weighted by molar-refractivity contribution is -0.144. The van der Waals surface area contributed by atoms with Crippen molar-refractivity contribution >= 4 is 11.9 Å². The van der Waals surface area contributed by atoms with Gasteiger partial charge in [0.05, 0.1) is 7.11 Å². The Morgan fingerprint density at radius 1 is 1.35 bits per heavy atom. The number of nitrogens with zero attached hydrogens (tertiary/aromatic N) is 1. The lowest BCUT2D eigenvalue weighted by atomic mass is 9.97. The number of carbonyl (C=O) groups is 2. The maximum Gasteiger partial charge on any atom is 0.329 e. The van der Waals surface area contributed by atoms with Gasteiger partial charge in [0, 0.05) is 13.5 Å². The summed E-state index contributed by atoms with van der Waals surface area (Å²) in [6.07, 6.45) is 2.37. The molecule has 0 aromatic carbocycles. The van der Waals surface area contributed by atoms with Crippen LogP contribution in [0.4, 0.5) is 0 Å². The highest BCUT2D eigenvalue weighted by Crippen LogP contribution is 2.15. The van der Waals surface area contributed by atoms with Crippen LogP contribution < -0.4 is 10.6 Å². The number of carbonyl (C=O) groups excluding carboxylic acids is 2. The summed E-state index contributed by atoms with van der Waals surface area (Å²) < 4.78 is 4.68. The molecule has 0 aromatic rings. The third kappa shape index (κ3) is 5.88. The van der Waals surface area contributed by atoms with E-state index in [-0.39, 0.29) is 5.91 Å². The van der Waals surface area contributed by atoms with E-state index in [0.717, 1.165) is 26.2 Å². The Balaban J connectivity index is 2.26. The molecule has 1 rings (SSSR count). The van der Waals surface area contributed by atoms with Crippen LogP contribution in [0.5, 0.6) is 0 Å². The lowest BCUT2D eigenvalue weighted by Gasteiger charge is -2.31. The Bertz CT molecular complexity index is 315. The predicted octanol–water partition coefficient (Wildman–Crippen LogP) is -0.0144. The molecule has 1 fully saturated rings. The Morgan fingerprint density at radius 2 is 2.00 bits per heavy atom. The predicted molar refractivity (Wildman–Crippen MR) is 77.3 cm³/mol. The summed E-state index contributed by atoms with van der Waals surface area (Å²) >= 11 is 0. The molecule has 116 valence electrons. The normalized spacial score (nSPS) is 18.6. The van der Waals surface area contributed by atoms with Crippen molar-refractivity contribution in [3.8, 4) is 0 Å². The Hall–Kier alpha value is -1.14. The molecule has 0 bridgehead atoms. The van der Waals surface area contributed by atoms with E-state index >= 15 is 0 Å². The van der Waals surface area contributed by atoms with E-state index in [9.17, 15) is 9.59 Å². The number of amides is 1. The molecule has 0 aliphatic carbocycles. The number of piperidine rings is 1. The second-order valence-corrected chi connectivity index (χ2v) is 5.31. The highest BCUT2D eigenvalue weighted by atomic mass is 16.5. The molecule has 0 saturated carbocycles. The summed E-state index contributed by atoms with van der Waals surface area (Å²) in [5, 5.41) is 5.87. The van der Waals surface area contributed by atoms with E-state index in [1.165, 1.54) is 26.9 Å². The van der Waals surface area contributed by atoms with Gasteiger partial charge < -0.3 is 20.3 Å². The van der Waals surface area contributed by atoms with Gasteiger partial charge in [-0.15, -0.1) is 0 Å². The van der Waals surface area contributed by atoms with E-state index < -0.39 is 12.0 Å². The van der Waals surface area contributed by atoms with Crippen molar-refractivity contribution in [3.05, 3.63) is 0 Å². The van der Waals surface area contributed by atoms with Crippen molar-refractivity contribution in [2.24, 2.45) is 5.92 Å². The highest BCUT2D eigenvalue weighted by Gasteiger charge is 2.21. The second kappa shape index (κ2) is 8.92. The van der Waals surface area contributed by atoms with Gasteiger partial charge in [-0.05, 0) is 44.9 Å². The van der Waals surface area contributed by atoms with Gasteiger partial charge in [0.2, 0.25) is 5.91 Å². The molecule has 6 nitrogen and oxygen atoms in total. The summed E-state index contributed by atoms with van der Waals surface area (Å²) in [7, 11) is 1.33. The summed E-state index contributed by atoms with van der Waals surface area (Å²) in [6, 6.07) is -0.603. The number of rotatable bonds is 7. The minimum absolute atomic E-state index is 0.224. The van der Waals surface area contributed by atoms with E-state index in [1.54, 1.807) is 0 Å². The van der Waals surface area contributed by atoms with Crippen LogP contribution in [-0.2, 0) is 14.3 Å². The van der Waals surface area contributed by atoms with Gasteiger partial charge in [0.1, 0.15) is 6.04 Å². The Morgan fingerprint density at radius 3 is 2.50 bits per heavy atom. The molecule has 1 amide bonds. The van der Waals surface area contributed by atoms with Crippen LogP contribution >= 0.6 is 0 Å². The van der Waals surface area contributed by atoms with E-state index in [1.807, 2.05) is 0 Å². The molecule has 1 aliphatic rings. The number of ether oxygens (including phenoxy) is 1. The fourth-order valence-corrected chi connectivity index (χ4v) is 2.52. The van der Waals surface area contributed by atoms with Gasteiger partial charge >= 0.3 is 5.97 Å². The van der Waals surface area contributed by atoms with Crippen LogP contribution in [0.3, 0.4) is 0 Å². The average molecular weight is 285 g/mol. The maximum atomic E-state index is 11.5. The fourth-order valence-electron chi connectivity index (χ4n) is 2.52. The first kappa shape index (κ1) is 16.9. The van der Waals surface area contributed by atoms with Gasteiger partial charge in [0.25, 0.3) is 0 Å². The number of hydrogen-bond donors (Lipinski definition) is 2. The SMILES string of the molecule is CCN1CCC(CNCC(NC(C)=O)C(=O)OC)CC1. The van der Waals surface area contributed by atoms with Gasteiger partial charge in [-0.1, -0.05) is 6.92 Å². The van der Waals surface area contributed by atoms with Crippen LogP contribution in [0, 0.1) is 5.92 Å². The molecular formula is C14H27N3O3. The van der Waals surface area contributed by atoms with Crippen LogP contribution in [0.2, 0.25) is 0 Å². The smallest absolute Gasteiger partial charge is 0.329 e. The number of likely N-dealkylation sites (tertiary alicyclic amines) is 1. The van der Waals surface area contributed by atoms with Crippen molar-refractivity contribution in [1.82, 2.24) is 15.5 Å². The van der Waals surface area contributed by atoms with Gasteiger partial charge in [-0.3, -0.25) is 4.79 Å². The fraction of sp³-hybridized carbons (Fsp3) is 0.857. The Kier molecular flexibility index (Phi) is 7.54. The summed E-state index contributed by atoms with van der Waals surface area (Å²) in [4.78, 5) is 25.0. The third-order valence-electron chi connectivity index (χ3n) is 3.80. The van der Waals surface area contributed by atoms with Crippen LogP contribution in [0.25, 0.3) is 0 Å². The maximum absolute atomic E-state index is 11.5. The molecule has 1 unspecified atom stereocenters. The number of esters is 1. The zero-order chi connectivity index (χ0) is 15.0. The van der Waals surface area contributed by atoms with Crippen molar-refractivity contribution < 1.29 is 14.3 Å². The first-order valence-corrected chi connectivity index (χ1v) is 7.34. The van der Waals surface area contributed by atoms with Gasteiger partial charge in [-0.25, -0.2) is 4.79 Å². The highest BCUT2D eigenvalue weighted by molar-refractivity contribution is 5.83. The molecule has 0 aromatic heterocycles. The number of hydrogen-bond acceptors (Lipinski definition) is 5. The molecule has 1 atom stereocenters. The van der Waals surface area contributed by atoms with Crippen LogP contribution in [0.15, 0.2) is 0 Å². The molecule has 6 heteroatoms. The molecule has 1 heterocycles. The molecule has 2 N–H and O–H groups in total. The molecule has 1 saturated heterocycles. The minimum atomic E-state index is -0.603. The van der Waals surface area contributed by atoms with Crippen molar-refractivity contribution in [2.45, 2.75) is 32.7 Å². The first-order chi connectivity index (χ1) is 9.56. The lowest BCUT2D eigenvalue weighted by Crippen LogP contribution is -2.48. The zero-order valence-corrected chi connectivity index (χ0v) is 12.8. The molecule has 20 heavy (non-hydrogen) atoms. The van der Waals surface area contributed by atoms with E-state index in [0.29, 0.717) is 12.5 Å². The van der Waals surface area contributed by atoms with E-state index in [4.69, 9.17) is 0 Å². The van der Waals surface area contributed by atoms with Crippen LogP contribution in [0.1, 0.15) is 26.7 Å².